The molecule has 3 heteroatoms. The van der Waals surface area contributed by atoms with Gasteiger partial charge in [0, 0.05) is 17.3 Å². The van der Waals surface area contributed by atoms with Crippen molar-refractivity contribution in [2.24, 2.45) is 0 Å². The number of hydrogen-bond acceptors (Lipinski definition) is 2. The molecule has 0 bridgehead atoms. The molecule has 1 atom stereocenters. The van der Waals surface area contributed by atoms with Crippen LogP contribution < -0.4 is 5.32 Å². The summed E-state index contributed by atoms with van der Waals surface area (Å²) < 4.78 is 13.2. The number of phenolic OH excluding ortho intramolecular Hbond substituents is 1. The number of halogens is 1. The second-order valence-corrected chi connectivity index (χ2v) is 5.28. The molecule has 1 unspecified atom stereocenters. The highest BCUT2D eigenvalue weighted by atomic mass is 19.1. The van der Waals surface area contributed by atoms with E-state index in [4.69, 9.17) is 0 Å². The van der Waals surface area contributed by atoms with E-state index in [-0.39, 0.29) is 11.9 Å². The van der Waals surface area contributed by atoms with Crippen molar-refractivity contribution in [1.29, 1.82) is 0 Å². The van der Waals surface area contributed by atoms with Crippen LogP contribution in [-0.2, 0) is 6.42 Å². The number of rotatable bonds is 4. The zero-order valence-corrected chi connectivity index (χ0v) is 12.1. The van der Waals surface area contributed by atoms with Gasteiger partial charge in [0.15, 0.2) is 0 Å². The van der Waals surface area contributed by atoms with E-state index in [2.05, 4.69) is 5.32 Å². The molecule has 0 aromatic heterocycles. The lowest BCUT2D eigenvalue weighted by molar-refractivity contribution is 0.467. The zero-order valence-electron chi connectivity index (χ0n) is 12.1. The zero-order chi connectivity index (χ0) is 14.7. The van der Waals surface area contributed by atoms with Crippen LogP contribution in [0.2, 0.25) is 0 Å². The van der Waals surface area contributed by atoms with Crippen molar-refractivity contribution in [2.75, 3.05) is 5.32 Å². The molecule has 0 radical (unpaired) electrons. The predicted octanol–water partition coefficient (Wildman–Crippen LogP) is 4.19. The number of benzene rings is 2. The van der Waals surface area contributed by atoms with Gasteiger partial charge in [-0.25, -0.2) is 4.39 Å². The van der Waals surface area contributed by atoms with E-state index < -0.39 is 0 Å². The molecule has 106 valence electrons. The van der Waals surface area contributed by atoms with Crippen LogP contribution in [-0.4, -0.2) is 11.1 Å². The molecule has 0 saturated heterocycles. The van der Waals surface area contributed by atoms with Gasteiger partial charge in [-0.15, -0.1) is 0 Å². The minimum absolute atomic E-state index is 0.151. The molecule has 0 amide bonds. The largest absolute Gasteiger partial charge is 0.507 e. The molecule has 2 nitrogen and oxygen atoms in total. The second kappa shape index (κ2) is 5.95. The molecule has 0 aliphatic rings. The lowest BCUT2D eigenvalue weighted by Crippen LogP contribution is -2.18. The van der Waals surface area contributed by atoms with E-state index in [1.807, 2.05) is 39.0 Å². The Balaban J connectivity index is 2.08. The fraction of sp³-hybridized carbons (Fsp3) is 0.294. The normalized spacial score (nSPS) is 12.2. The van der Waals surface area contributed by atoms with Gasteiger partial charge >= 0.3 is 0 Å². The van der Waals surface area contributed by atoms with Crippen LogP contribution in [0.1, 0.15) is 23.6 Å². The Labute approximate surface area is 119 Å². The summed E-state index contributed by atoms with van der Waals surface area (Å²) >= 11 is 0. The van der Waals surface area contributed by atoms with Crippen LogP contribution in [0.3, 0.4) is 0 Å². The van der Waals surface area contributed by atoms with Crippen molar-refractivity contribution < 1.29 is 9.50 Å². The molecule has 0 aliphatic carbocycles. The van der Waals surface area contributed by atoms with Crippen LogP contribution in [0.25, 0.3) is 0 Å². The summed E-state index contributed by atoms with van der Waals surface area (Å²) in [7, 11) is 0. The monoisotopic (exact) mass is 273 g/mol. The fourth-order valence-electron chi connectivity index (χ4n) is 2.33. The van der Waals surface area contributed by atoms with E-state index in [0.717, 1.165) is 28.8 Å². The molecular formula is C17H20FNO. The topological polar surface area (TPSA) is 32.3 Å². The van der Waals surface area contributed by atoms with Gasteiger partial charge in [0.25, 0.3) is 0 Å². The number of aromatic hydroxyl groups is 1. The van der Waals surface area contributed by atoms with Gasteiger partial charge in [0.05, 0.1) is 0 Å². The van der Waals surface area contributed by atoms with Crippen LogP contribution in [0.4, 0.5) is 10.1 Å². The van der Waals surface area contributed by atoms with Gasteiger partial charge < -0.3 is 10.4 Å². The summed E-state index contributed by atoms with van der Waals surface area (Å²) in [5.41, 5.74) is 3.58. The third kappa shape index (κ3) is 3.29. The van der Waals surface area contributed by atoms with Crippen molar-refractivity contribution in [1.82, 2.24) is 0 Å². The van der Waals surface area contributed by atoms with E-state index in [1.165, 1.54) is 6.07 Å². The average Bonchev–Trinajstić information content (AvgIpc) is 2.39. The summed E-state index contributed by atoms with van der Waals surface area (Å²) in [5.74, 6) is 0.117. The Morgan fingerprint density at radius 2 is 1.95 bits per heavy atom. The number of nitrogens with one attached hydrogen (secondary N) is 1. The SMILES string of the molecule is Cc1ccc(NC(C)Cc2cccc(F)c2)c(C)c1O. The van der Waals surface area contributed by atoms with E-state index in [1.54, 1.807) is 12.1 Å². The first-order valence-corrected chi connectivity index (χ1v) is 6.77. The maximum atomic E-state index is 13.2. The van der Waals surface area contributed by atoms with Crippen molar-refractivity contribution in [3.63, 3.8) is 0 Å². The molecule has 2 aromatic rings. The Morgan fingerprint density at radius 1 is 1.20 bits per heavy atom. The molecule has 2 rings (SSSR count). The van der Waals surface area contributed by atoms with Crippen molar-refractivity contribution >= 4 is 5.69 Å². The van der Waals surface area contributed by atoms with Gasteiger partial charge in [-0.05, 0) is 56.5 Å². The molecule has 0 fully saturated rings. The fourth-order valence-corrected chi connectivity index (χ4v) is 2.33. The minimum Gasteiger partial charge on any atom is -0.507 e. The molecule has 0 aliphatic heterocycles. The van der Waals surface area contributed by atoms with Gasteiger partial charge in [-0.3, -0.25) is 0 Å². The highest BCUT2D eigenvalue weighted by Crippen LogP contribution is 2.28. The first-order valence-electron chi connectivity index (χ1n) is 6.77. The number of anilines is 1. The Kier molecular flexibility index (Phi) is 4.28. The molecule has 0 saturated carbocycles. The molecule has 0 spiro atoms. The van der Waals surface area contributed by atoms with Crippen molar-refractivity contribution in [3.05, 3.63) is 58.9 Å². The lowest BCUT2D eigenvalue weighted by Gasteiger charge is -2.18. The predicted molar refractivity (Wildman–Crippen MR) is 80.8 cm³/mol. The van der Waals surface area contributed by atoms with Crippen LogP contribution in [0.15, 0.2) is 36.4 Å². The summed E-state index contributed by atoms with van der Waals surface area (Å²) in [6, 6.07) is 10.6. The molecule has 2 N–H and O–H groups in total. The maximum Gasteiger partial charge on any atom is 0.123 e. The number of aryl methyl sites for hydroxylation is 1. The summed E-state index contributed by atoms with van der Waals surface area (Å²) in [5, 5.41) is 13.3. The Bertz CT molecular complexity index is 610. The van der Waals surface area contributed by atoms with Crippen LogP contribution >= 0.6 is 0 Å². The first kappa shape index (κ1) is 14.4. The van der Waals surface area contributed by atoms with E-state index >= 15 is 0 Å². The molecule has 0 heterocycles. The maximum absolute atomic E-state index is 13.2. The van der Waals surface area contributed by atoms with E-state index in [9.17, 15) is 9.50 Å². The molecule has 2 aromatic carbocycles. The van der Waals surface area contributed by atoms with Crippen LogP contribution in [0, 0.1) is 19.7 Å². The quantitative estimate of drug-likeness (QED) is 0.875. The highest BCUT2D eigenvalue weighted by molar-refractivity contribution is 5.59. The first-order chi connectivity index (χ1) is 9.47. The molecule has 20 heavy (non-hydrogen) atoms. The van der Waals surface area contributed by atoms with Crippen molar-refractivity contribution in [2.45, 2.75) is 33.2 Å². The third-order valence-corrected chi connectivity index (χ3v) is 3.47. The number of phenols is 1. The van der Waals surface area contributed by atoms with Gasteiger partial charge in [-0.1, -0.05) is 18.2 Å². The van der Waals surface area contributed by atoms with Gasteiger partial charge in [0.2, 0.25) is 0 Å². The minimum atomic E-state index is -0.209. The van der Waals surface area contributed by atoms with Crippen molar-refractivity contribution in [3.8, 4) is 5.75 Å². The standard InChI is InChI=1S/C17H20FNO/c1-11-7-8-16(13(3)17(11)20)19-12(2)9-14-5-4-6-15(18)10-14/h4-8,10,12,19-20H,9H2,1-3H3. The van der Waals surface area contributed by atoms with Crippen LogP contribution in [0.5, 0.6) is 5.75 Å². The van der Waals surface area contributed by atoms with Gasteiger partial charge in [-0.2, -0.15) is 0 Å². The smallest absolute Gasteiger partial charge is 0.123 e. The summed E-state index contributed by atoms with van der Waals surface area (Å²) in [6.07, 6.45) is 0.728. The van der Waals surface area contributed by atoms with E-state index in [0.29, 0.717) is 5.75 Å². The summed E-state index contributed by atoms with van der Waals surface area (Å²) in [6.45, 7) is 5.81. The molecular weight excluding hydrogens is 253 g/mol. The average molecular weight is 273 g/mol. The lowest BCUT2D eigenvalue weighted by atomic mass is 10.0. The third-order valence-electron chi connectivity index (χ3n) is 3.47. The van der Waals surface area contributed by atoms with Gasteiger partial charge in [0.1, 0.15) is 11.6 Å². The highest BCUT2D eigenvalue weighted by Gasteiger charge is 2.09. The number of hydrogen-bond donors (Lipinski definition) is 2. The Hall–Kier alpha value is -2.03. The summed E-state index contributed by atoms with van der Waals surface area (Å²) in [4.78, 5) is 0. The second-order valence-electron chi connectivity index (χ2n) is 5.28. The Morgan fingerprint density at radius 3 is 2.65 bits per heavy atom.